The summed E-state index contributed by atoms with van der Waals surface area (Å²) in [6.07, 6.45) is 0.964. The minimum absolute atomic E-state index is 0.0699. The van der Waals surface area contributed by atoms with E-state index in [1.54, 1.807) is 0 Å². The van der Waals surface area contributed by atoms with Gasteiger partial charge in [-0.1, -0.05) is 29.8 Å². The molecule has 0 aliphatic carbocycles. The first-order valence-corrected chi connectivity index (χ1v) is 7.44. The van der Waals surface area contributed by atoms with E-state index >= 15 is 0 Å². The second-order valence-electron chi connectivity index (χ2n) is 5.15. The molecule has 21 heavy (non-hydrogen) atoms. The number of fused-ring (bicyclic) bond motifs is 1. The van der Waals surface area contributed by atoms with Crippen LogP contribution in [0.5, 0.6) is 11.5 Å². The monoisotopic (exact) mass is 303 g/mol. The zero-order valence-electron chi connectivity index (χ0n) is 11.9. The van der Waals surface area contributed by atoms with Crippen LogP contribution < -0.4 is 14.8 Å². The Morgan fingerprint density at radius 1 is 1.29 bits per heavy atom. The molecule has 1 aliphatic heterocycles. The summed E-state index contributed by atoms with van der Waals surface area (Å²) in [5, 5.41) is 3.84. The summed E-state index contributed by atoms with van der Waals surface area (Å²) in [6.45, 7) is 1.26. The topological polar surface area (TPSA) is 30.5 Å². The second-order valence-corrected chi connectivity index (χ2v) is 5.58. The number of benzene rings is 2. The Morgan fingerprint density at radius 3 is 2.95 bits per heavy atom. The Bertz CT molecular complexity index is 605. The average molecular weight is 304 g/mol. The minimum atomic E-state index is 0.0699. The molecule has 110 valence electrons. The molecule has 0 bridgehead atoms. The molecule has 1 heterocycles. The number of ether oxygens (including phenoxy) is 2. The highest BCUT2D eigenvalue weighted by Crippen LogP contribution is 2.29. The van der Waals surface area contributed by atoms with Crippen molar-refractivity contribution < 1.29 is 9.47 Å². The fraction of sp³-hybridized carbons (Fsp3) is 0.294. The van der Waals surface area contributed by atoms with E-state index in [1.807, 2.05) is 43.4 Å². The Morgan fingerprint density at radius 2 is 2.14 bits per heavy atom. The van der Waals surface area contributed by atoms with Crippen LogP contribution in [0.1, 0.15) is 11.1 Å². The van der Waals surface area contributed by atoms with Crippen LogP contribution in [0.15, 0.2) is 42.5 Å². The summed E-state index contributed by atoms with van der Waals surface area (Å²) < 4.78 is 11.8. The Hall–Kier alpha value is -1.71. The molecule has 0 aromatic heterocycles. The van der Waals surface area contributed by atoms with E-state index in [4.69, 9.17) is 21.1 Å². The molecule has 0 saturated carbocycles. The lowest BCUT2D eigenvalue weighted by molar-refractivity contribution is 0.147. The summed E-state index contributed by atoms with van der Waals surface area (Å²) in [5.41, 5.74) is 2.30. The highest BCUT2D eigenvalue weighted by atomic mass is 35.5. The van der Waals surface area contributed by atoms with Crippen LogP contribution in [-0.2, 0) is 13.0 Å². The van der Waals surface area contributed by atoms with Crippen LogP contribution in [0.3, 0.4) is 0 Å². The molecule has 3 nitrogen and oxygen atoms in total. The Kier molecular flexibility index (Phi) is 4.32. The van der Waals surface area contributed by atoms with Crippen molar-refractivity contribution >= 4 is 11.6 Å². The van der Waals surface area contributed by atoms with Gasteiger partial charge in [0.2, 0.25) is 0 Å². The third-order valence-corrected chi connectivity index (χ3v) is 3.76. The van der Waals surface area contributed by atoms with E-state index in [9.17, 15) is 0 Å². The molecule has 2 aromatic carbocycles. The highest BCUT2D eigenvalue weighted by Gasteiger charge is 2.23. The van der Waals surface area contributed by atoms with Gasteiger partial charge < -0.3 is 14.8 Å². The molecule has 0 saturated heterocycles. The number of rotatable bonds is 5. The zero-order valence-corrected chi connectivity index (χ0v) is 12.7. The Balaban J connectivity index is 1.64. The molecule has 0 amide bonds. The molecule has 1 N–H and O–H groups in total. The minimum Gasteiger partial charge on any atom is -0.489 e. The third kappa shape index (κ3) is 3.31. The molecule has 0 radical (unpaired) electrons. The lowest BCUT2D eigenvalue weighted by atomic mass is 10.1. The molecule has 0 fully saturated rings. The van der Waals surface area contributed by atoms with Gasteiger partial charge in [0.1, 0.15) is 24.2 Å². The number of nitrogens with one attached hydrogen (secondary N) is 1. The SMILES string of the molecule is CNCc1cc(Cl)ccc1OCC1Cc2ccccc2O1. The van der Waals surface area contributed by atoms with E-state index in [0.29, 0.717) is 6.61 Å². The first-order valence-electron chi connectivity index (χ1n) is 7.06. The van der Waals surface area contributed by atoms with Gasteiger partial charge in [0.15, 0.2) is 0 Å². The quantitative estimate of drug-likeness (QED) is 0.918. The maximum Gasteiger partial charge on any atom is 0.137 e. The fourth-order valence-electron chi connectivity index (χ4n) is 2.55. The molecule has 3 rings (SSSR count). The van der Waals surface area contributed by atoms with Crippen molar-refractivity contribution in [2.24, 2.45) is 0 Å². The molecule has 2 aromatic rings. The molecular weight excluding hydrogens is 286 g/mol. The van der Waals surface area contributed by atoms with Gasteiger partial charge in [-0.05, 0) is 36.9 Å². The lowest BCUT2D eigenvalue weighted by Crippen LogP contribution is -2.23. The Labute approximate surface area is 129 Å². The molecular formula is C17H18ClNO2. The predicted molar refractivity (Wildman–Crippen MR) is 84.3 cm³/mol. The van der Waals surface area contributed by atoms with Gasteiger partial charge in [0.05, 0.1) is 0 Å². The fourth-order valence-corrected chi connectivity index (χ4v) is 2.74. The lowest BCUT2D eigenvalue weighted by Gasteiger charge is -2.15. The first kappa shape index (κ1) is 14.2. The molecule has 1 atom stereocenters. The number of halogens is 1. The van der Waals surface area contributed by atoms with Crippen molar-refractivity contribution in [1.82, 2.24) is 5.32 Å². The third-order valence-electron chi connectivity index (χ3n) is 3.53. The van der Waals surface area contributed by atoms with Crippen molar-refractivity contribution in [3.05, 3.63) is 58.6 Å². The molecule has 1 unspecified atom stereocenters. The second kappa shape index (κ2) is 6.37. The van der Waals surface area contributed by atoms with Crippen LogP contribution in [0.25, 0.3) is 0 Å². The highest BCUT2D eigenvalue weighted by molar-refractivity contribution is 6.30. The first-order chi connectivity index (χ1) is 10.3. The van der Waals surface area contributed by atoms with Gasteiger partial charge >= 0.3 is 0 Å². The summed E-state index contributed by atoms with van der Waals surface area (Å²) in [7, 11) is 1.90. The van der Waals surface area contributed by atoms with Crippen molar-refractivity contribution in [2.75, 3.05) is 13.7 Å². The van der Waals surface area contributed by atoms with Crippen LogP contribution in [0.4, 0.5) is 0 Å². The van der Waals surface area contributed by atoms with Crippen molar-refractivity contribution in [3.63, 3.8) is 0 Å². The average Bonchev–Trinajstić information content (AvgIpc) is 2.89. The summed E-state index contributed by atoms with van der Waals surface area (Å²) in [5.74, 6) is 1.82. The van der Waals surface area contributed by atoms with Gasteiger partial charge in [-0.15, -0.1) is 0 Å². The van der Waals surface area contributed by atoms with Crippen molar-refractivity contribution in [3.8, 4) is 11.5 Å². The summed E-state index contributed by atoms with van der Waals surface area (Å²) in [4.78, 5) is 0. The number of hydrogen-bond donors (Lipinski definition) is 1. The maximum absolute atomic E-state index is 6.03. The van der Waals surface area contributed by atoms with Crippen LogP contribution in [0.2, 0.25) is 5.02 Å². The van der Waals surface area contributed by atoms with Crippen molar-refractivity contribution in [2.45, 2.75) is 19.1 Å². The van der Waals surface area contributed by atoms with Gasteiger partial charge in [0, 0.05) is 23.6 Å². The van der Waals surface area contributed by atoms with Gasteiger partial charge in [0.25, 0.3) is 0 Å². The number of para-hydroxylation sites is 1. The van der Waals surface area contributed by atoms with Gasteiger partial charge in [-0.2, -0.15) is 0 Å². The zero-order chi connectivity index (χ0) is 14.7. The standard InChI is InChI=1S/C17H18ClNO2/c1-19-10-13-8-14(18)6-7-16(13)20-11-15-9-12-4-2-3-5-17(12)21-15/h2-8,15,19H,9-11H2,1H3. The van der Waals surface area contributed by atoms with Crippen LogP contribution in [0, 0.1) is 0 Å². The largest absolute Gasteiger partial charge is 0.489 e. The predicted octanol–water partition coefficient (Wildman–Crippen LogP) is 3.44. The summed E-state index contributed by atoms with van der Waals surface area (Å²) in [6, 6.07) is 13.8. The van der Waals surface area contributed by atoms with E-state index in [1.165, 1.54) is 5.56 Å². The van der Waals surface area contributed by atoms with E-state index in [0.717, 1.165) is 35.1 Å². The summed E-state index contributed by atoms with van der Waals surface area (Å²) >= 11 is 6.03. The smallest absolute Gasteiger partial charge is 0.137 e. The van der Waals surface area contributed by atoms with E-state index in [-0.39, 0.29) is 6.10 Å². The maximum atomic E-state index is 6.03. The van der Waals surface area contributed by atoms with Crippen molar-refractivity contribution in [1.29, 1.82) is 0 Å². The van der Waals surface area contributed by atoms with Gasteiger partial charge in [-0.3, -0.25) is 0 Å². The number of hydrogen-bond acceptors (Lipinski definition) is 3. The molecule has 1 aliphatic rings. The van der Waals surface area contributed by atoms with E-state index < -0.39 is 0 Å². The van der Waals surface area contributed by atoms with Gasteiger partial charge in [-0.25, -0.2) is 0 Å². The molecule has 0 spiro atoms. The molecule has 4 heteroatoms. The normalized spacial score (nSPS) is 16.4. The van der Waals surface area contributed by atoms with E-state index in [2.05, 4.69) is 11.4 Å². The van der Waals surface area contributed by atoms with Crippen LogP contribution in [-0.4, -0.2) is 19.8 Å². The van der Waals surface area contributed by atoms with Crippen LogP contribution >= 0.6 is 11.6 Å².